The molecule has 0 bridgehead atoms. The standard InChI is InChI=1S/C20H34N4O2/c1-3-22-19(24-10-5-14(6-11-24)13-16(25)21-2)23-17-15-7-12-26-18(15)20(17)8-4-9-20/h14-15,17-18H,3-13H2,1-2H3,(H,21,25)(H,22,23). The summed E-state index contributed by atoms with van der Waals surface area (Å²) in [5, 5.41) is 6.62. The minimum atomic E-state index is 0.165. The Bertz CT molecular complexity index is 552. The molecule has 1 spiro atoms. The summed E-state index contributed by atoms with van der Waals surface area (Å²) in [6, 6.07) is 0.539. The molecule has 0 aromatic heterocycles. The fraction of sp³-hybridized carbons (Fsp3) is 0.900. The minimum Gasteiger partial charge on any atom is -0.377 e. The smallest absolute Gasteiger partial charge is 0.220 e. The molecule has 0 radical (unpaired) electrons. The van der Waals surface area contributed by atoms with Gasteiger partial charge in [-0.15, -0.1) is 0 Å². The van der Waals surface area contributed by atoms with E-state index in [0.717, 1.165) is 45.0 Å². The van der Waals surface area contributed by atoms with E-state index in [4.69, 9.17) is 9.73 Å². The zero-order valence-corrected chi connectivity index (χ0v) is 16.3. The zero-order chi connectivity index (χ0) is 18.1. The lowest BCUT2D eigenvalue weighted by atomic mass is 9.46. The number of amides is 1. The number of hydrogen-bond donors (Lipinski definition) is 2. The highest BCUT2D eigenvalue weighted by atomic mass is 16.5. The average molecular weight is 363 g/mol. The number of guanidine groups is 1. The van der Waals surface area contributed by atoms with E-state index in [1.807, 2.05) is 0 Å². The molecule has 6 nitrogen and oxygen atoms in total. The largest absolute Gasteiger partial charge is 0.377 e. The average Bonchev–Trinajstić information content (AvgIpc) is 3.03. The van der Waals surface area contributed by atoms with Gasteiger partial charge >= 0.3 is 0 Å². The van der Waals surface area contributed by atoms with Gasteiger partial charge < -0.3 is 20.3 Å². The maximum atomic E-state index is 11.6. The number of rotatable bonds is 4. The number of hydrogen-bond acceptors (Lipinski definition) is 3. The topological polar surface area (TPSA) is 66.0 Å². The molecule has 6 heteroatoms. The van der Waals surface area contributed by atoms with Crippen molar-refractivity contribution in [2.24, 2.45) is 22.2 Å². The lowest BCUT2D eigenvalue weighted by Gasteiger charge is -2.63. The van der Waals surface area contributed by atoms with Crippen LogP contribution in [0, 0.1) is 17.3 Å². The molecule has 4 fully saturated rings. The van der Waals surface area contributed by atoms with Crippen LogP contribution in [0.15, 0.2) is 4.99 Å². The monoisotopic (exact) mass is 362 g/mol. The number of ether oxygens (including phenoxy) is 1. The fourth-order valence-corrected chi connectivity index (χ4v) is 5.69. The summed E-state index contributed by atoms with van der Waals surface area (Å²) in [4.78, 5) is 18.9. The van der Waals surface area contributed by atoms with Crippen LogP contribution in [0.4, 0.5) is 0 Å². The normalized spacial score (nSPS) is 33.4. The van der Waals surface area contributed by atoms with Gasteiger partial charge in [-0.2, -0.15) is 0 Å². The number of nitrogens with one attached hydrogen (secondary N) is 2. The van der Waals surface area contributed by atoms with Gasteiger partial charge in [0.1, 0.15) is 0 Å². The number of carbonyl (C=O) groups is 1. The Morgan fingerprint density at radius 2 is 2.04 bits per heavy atom. The third kappa shape index (κ3) is 3.00. The number of fused-ring (bicyclic) bond motifs is 2. The first-order valence-corrected chi connectivity index (χ1v) is 10.6. The number of nitrogens with zero attached hydrogens (tertiary/aromatic N) is 2. The molecule has 26 heavy (non-hydrogen) atoms. The highest BCUT2D eigenvalue weighted by Crippen LogP contribution is 2.62. The molecule has 4 rings (SSSR count). The van der Waals surface area contributed by atoms with Crippen LogP contribution in [0.25, 0.3) is 0 Å². The lowest BCUT2D eigenvalue weighted by Crippen LogP contribution is -2.72. The SMILES string of the molecule is CCN=C(NC1C2CCOC2C12CCC2)N1CCC(CC(=O)NC)CC1. The van der Waals surface area contributed by atoms with Crippen LogP contribution in [-0.4, -0.2) is 62.2 Å². The van der Waals surface area contributed by atoms with Crippen LogP contribution in [-0.2, 0) is 9.53 Å². The first kappa shape index (κ1) is 18.1. The highest BCUT2D eigenvalue weighted by Gasteiger charge is 2.66. The molecule has 2 saturated carbocycles. The van der Waals surface area contributed by atoms with E-state index in [1.54, 1.807) is 7.05 Å². The van der Waals surface area contributed by atoms with Gasteiger partial charge in [0.15, 0.2) is 5.96 Å². The van der Waals surface area contributed by atoms with Crippen molar-refractivity contribution < 1.29 is 9.53 Å². The van der Waals surface area contributed by atoms with Crippen molar-refractivity contribution >= 4 is 11.9 Å². The van der Waals surface area contributed by atoms with Gasteiger partial charge in [-0.25, -0.2) is 0 Å². The minimum absolute atomic E-state index is 0.165. The van der Waals surface area contributed by atoms with Gasteiger partial charge in [0.2, 0.25) is 5.91 Å². The molecule has 2 heterocycles. The summed E-state index contributed by atoms with van der Waals surface area (Å²) in [6.07, 6.45) is 8.44. The summed E-state index contributed by atoms with van der Waals surface area (Å²) in [7, 11) is 1.72. The summed E-state index contributed by atoms with van der Waals surface area (Å²) in [5.41, 5.74) is 0.382. The van der Waals surface area contributed by atoms with Crippen molar-refractivity contribution in [2.45, 2.75) is 64.0 Å². The quantitative estimate of drug-likeness (QED) is 0.591. The number of aliphatic imine (C=N–C) groups is 1. The molecular weight excluding hydrogens is 328 g/mol. The molecule has 3 unspecified atom stereocenters. The summed E-state index contributed by atoms with van der Waals surface area (Å²) >= 11 is 0. The van der Waals surface area contributed by atoms with E-state index in [1.165, 1.54) is 25.7 Å². The predicted octanol–water partition coefficient (Wildman–Crippen LogP) is 1.76. The van der Waals surface area contributed by atoms with Crippen LogP contribution in [0.2, 0.25) is 0 Å². The first-order valence-electron chi connectivity index (χ1n) is 10.6. The van der Waals surface area contributed by atoms with E-state index in [-0.39, 0.29) is 5.91 Å². The second kappa shape index (κ2) is 7.37. The van der Waals surface area contributed by atoms with Crippen LogP contribution in [0.3, 0.4) is 0 Å². The Labute approximate surface area is 157 Å². The van der Waals surface area contributed by atoms with Crippen molar-refractivity contribution in [1.82, 2.24) is 15.5 Å². The summed E-state index contributed by atoms with van der Waals surface area (Å²) in [6.45, 7) is 5.85. The first-order chi connectivity index (χ1) is 12.7. The van der Waals surface area contributed by atoms with E-state index in [2.05, 4.69) is 22.5 Å². The highest BCUT2D eigenvalue weighted by molar-refractivity contribution is 5.81. The van der Waals surface area contributed by atoms with Gasteiger partial charge in [0.05, 0.1) is 6.10 Å². The molecule has 4 aliphatic rings. The number of piperidine rings is 1. The van der Waals surface area contributed by atoms with E-state index in [9.17, 15) is 4.79 Å². The molecule has 2 aliphatic heterocycles. The maximum Gasteiger partial charge on any atom is 0.220 e. The van der Waals surface area contributed by atoms with Crippen LogP contribution >= 0.6 is 0 Å². The van der Waals surface area contributed by atoms with Crippen molar-refractivity contribution in [2.75, 3.05) is 33.3 Å². The Kier molecular flexibility index (Phi) is 5.13. The molecule has 1 amide bonds. The van der Waals surface area contributed by atoms with E-state index in [0.29, 0.717) is 35.8 Å². The Hall–Kier alpha value is -1.30. The Morgan fingerprint density at radius 1 is 1.27 bits per heavy atom. The predicted molar refractivity (Wildman–Crippen MR) is 102 cm³/mol. The molecule has 2 saturated heterocycles. The Balaban J connectivity index is 1.37. The molecule has 2 aliphatic carbocycles. The van der Waals surface area contributed by atoms with Crippen molar-refractivity contribution in [3.63, 3.8) is 0 Å². The van der Waals surface area contributed by atoms with Gasteiger partial charge in [0, 0.05) is 57.1 Å². The number of carbonyl (C=O) groups excluding carboxylic acids is 1. The zero-order valence-electron chi connectivity index (χ0n) is 16.3. The molecular formula is C20H34N4O2. The summed E-state index contributed by atoms with van der Waals surface area (Å²) < 4.78 is 6.06. The molecule has 146 valence electrons. The molecule has 2 N–H and O–H groups in total. The van der Waals surface area contributed by atoms with E-state index < -0.39 is 0 Å². The van der Waals surface area contributed by atoms with Crippen LogP contribution in [0.1, 0.15) is 51.9 Å². The van der Waals surface area contributed by atoms with Crippen molar-refractivity contribution in [3.8, 4) is 0 Å². The van der Waals surface area contributed by atoms with Crippen LogP contribution < -0.4 is 10.6 Å². The molecule has 0 aromatic carbocycles. The third-order valence-electron chi connectivity index (χ3n) is 7.30. The number of likely N-dealkylation sites (tertiary alicyclic amines) is 1. The maximum absolute atomic E-state index is 11.6. The second-order valence-corrected chi connectivity index (χ2v) is 8.56. The summed E-state index contributed by atoms with van der Waals surface area (Å²) in [5.74, 6) is 2.43. The van der Waals surface area contributed by atoms with Gasteiger partial charge in [-0.3, -0.25) is 9.79 Å². The van der Waals surface area contributed by atoms with Gasteiger partial charge in [0.25, 0.3) is 0 Å². The van der Waals surface area contributed by atoms with Gasteiger partial charge in [-0.1, -0.05) is 6.42 Å². The lowest BCUT2D eigenvalue weighted by molar-refractivity contribution is -0.171. The van der Waals surface area contributed by atoms with Crippen LogP contribution in [0.5, 0.6) is 0 Å². The Morgan fingerprint density at radius 3 is 2.65 bits per heavy atom. The van der Waals surface area contributed by atoms with Gasteiger partial charge in [-0.05, 0) is 44.9 Å². The fourth-order valence-electron chi connectivity index (χ4n) is 5.69. The van der Waals surface area contributed by atoms with Crippen molar-refractivity contribution in [3.05, 3.63) is 0 Å². The molecule has 0 aromatic rings. The van der Waals surface area contributed by atoms with Crippen molar-refractivity contribution in [1.29, 1.82) is 0 Å². The molecule has 3 atom stereocenters. The third-order valence-corrected chi connectivity index (χ3v) is 7.30. The second-order valence-electron chi connectivity index (χ2n) is 8.56. The van der Waals surface area contributed by atoms with E-state index >= 15 is 0 Å².